The average Bonchev–Trinajstić information content (AvgIpc) is 2.37. The van der Waals surface area contributed by atoms with Crippen molar-refractivity contribution in [2.45, 2.75) is 39.8 Å². The van der Waals surface area contributed by atoms with Crippen LogP contribution in [0, 0.1) is 11.3 Å². The second kappa shape index (κ2) is 5.41. The highest BCUT2D eigenvalue weighted by Crippen LogP contribution is 2.36. The van der Waals surface area contributed by atoms with E-state index in [9.17, 15) is 5.11 Å². The molecule has 100 valence electrons. The number of likely N-dealkylation sites (tertiary alicyclic amines) is 1. The van der Waals surface area contributed by atoms with Crippen LogP contribution >= 0.6 is 0 Å². The molecule has 1 N–H and O–H groups in total. The van der Waals surface area contributed by atoms with Crippen molar-refractivity contribution >= 4 is 0 Å². The fourth-order valence-electron chi connectivity index (χ4n) is 3.15. The summed E-state index contributed by atoms with van der Waals surface area (Å²) in [4.78, 5) is 2.48. The zero-order chi connectivity index (χ0) is 13.2. The minimum Gasteiger partial charge on any atom is -0.392 e. The van der Waals surface area contributed by atoms with E-state index in [1.165, 1.54) is 5.56 Å². The zero-order valence-electron chi connectivity index (χ0n) is 11.8. The van der Waals surface area contributed by atoms with Crippen molar-refractivity contribution in [2.24, 2.45) is 11.3 Å². The quantitative estimate of drug-likeness (QED) is 0.887. The van der Waals surface area contributed by atoms with E-state index in [1.54, 1.807) is 0 Å². The number of rotatable bonds is 3. The molecular weight excluding hydrogens is 222 g/mol. The first kappa shape index (κ1) is 13.6. The molecule has 1 fully saturated rings. The summed E-state index contributed by atoms with van der Waals surface area (Å²) in [5.41, 5.74) is 1.39. The molecule has 18 heavy (non-hydrogen) atoms. The van der Waals surface area contributed by atoms with Crippen molar-refractivity contribution in [1.82, 2.24) is 4.90 Å². The second-order valence-corrected chi connectivity index (χ2v) is 6.08. The van der Waals surface area contributed by atoms with Gasteiger partial charge in [0.05, 0.1) is 6.10 Å². The van der Waals surface area contributed by atoms with Gasteiger partial charge in [0.2, 0.25) is 0 Å². The molecule has 2 heteroatoms. The minimum absolute atomic E-state index is 0.0342. The maximum atomic E-state index is 10.4. The lowest BCUT2D eigenvalue weighted by molar-refractivity contribution is -0.0751. The summed E-state index contributed by atoms with van der Waals surface area (Å²) in [6.45, 7) is 9.53. The molecule has 1 aliphatic heterocycles. The van der Waals surface area contributed by atoms with Gasteiger partial charge >= 0.3 is 0 Å². The van der Waals surface area contributed by atoms with Gasteiger partial charge < -0.3 is 5.11 Å². The van der Waals surface area contributed by atoms with Gasteiger partial charge in [0, 0.05) is 25.0 Å². The summed E-state index contributed by atoms with van der Waals surface area (Å²) in [6.07, 6.45) is 0.860. The van der Waals surface area contributed by atoms with Crippen molar-refractivity contribution in [3.63, 3.8) is 0 Å². The third kappa shape index (κ3) is 2.76. The number of piperidine rings is 1. The van der Waals surface area contributed by atoms with Gasteiger partial charge in [0.1, 0.15) is 0 Å². The van der Waals surface area contributed by atoms with Crippen LogP contribution in [0.25, 0.3) is 0 Å². The predicted molar refractivity (Wildman–Crippen MR) is 75.3 cm³/mol. The molecule has 3 unspecified atom stereocenters. The third-order valence-corrected chi connectivity index (χ3v) is 4.44. The Bertz CT molecular complexity index is 378. The second-order valence-electron chi connectivity index (χ2n) is 6.08. The monoisotopic (exact) mass is 247 g/mol. The molecule has 1 aromatic rings. The average molecular weight is 247 g/mol. The van der Waals surface area contributed by atoms with Gasteiger partial charge in [-0.15, -0.1) is 0 Å². The first-order valence-electron chi connectivity index (χ1n) is 6.99. The molecule has 0 spiro atoms. The smallest absolute Gasteiger partial charge is 0.0643 e. The molecule has 2 nitrogen and oxygen atoms in total. The van der Waals surface area contributed by atoms with Crippen molar-refractivity contribution in [3.8, 4) is 0 Å². The molecule has 2 rings (SSSR count). The fourth-order valence-corrected chi connectivity index (χ4v) is 3.15. The molecule has 0 aromatic heterocycles. The lowest BCUT2D eigenvalue weighted by Crippen LogP contribution is -2.53. The van der Waals surface area contributed by atoms with Crippen LogP contribution in [0.3, 0.4) is 0 Å². The number of benzene rings is 1. The van der Waals surface area contributed by atoms with E-state index >= 15 is 0 Å². The number of nitrogens with zero attached hydrogens (tertiary/aromatic N) is 1. The number of hydrogen-bond donors (Lipinski definition) is 1. The predicted octanol–water partition coefficient (Wildman–Crippen LogP) is 2.92. The van der Waals surface area contributed by atoms with Crippen LogP contribution in [0.2, 0.25) is 0 Å². The van der Waals surface area contributed by atoms with Crippen LogP contribution in [-0.2, 0) is 6.54 Å². The van der Waals surface area contributed by atoms with Crippen molar-refractivity contribution in [1.29, 1.82) is 0 Å². The molecule has 1 saturated heterocycles. The largest absolute Gasteiger partial charge is 0.392 e. The normalized spacial score (nSPS) is 33.6. The zero-order valence-corrected chi connectivity index (χ0v) is 11.8. The molecule has 1 aromatic carbocycles. The Kier molecular flexibility index (Phi) is 4.08. The summed E-state index contributed by atoms with van der Waals surface area (Å²) in [6, 6.07) is 10.6. The summed E-state index contributed by atoms with van der Waals surface area (Å²) < 4.78 is 0. The van der Waals surface area contributed by atoms with Crippen LogP contribution in [0.15, 0.2) is 30.3 Å². The highest BCUT2D eigenvalue weighted by atomic mass is 16.3. The van der Waals surface area contributed by atoms with Gasteiger partial charge in [-0.2, -0.15) is 0 Å². The van der Waals surface area contributed by atoms with E-state index < -0.39 is 0 Å². The Morgan fingerprint density at radius 3 is 2.61 bits per heavy atom. The van der Waals surface area contributed by atoms with Gasteiger partial charge in [0.25, 0.3) is 0 Å². The van der Waals surface area contributed by atoms with Crippen molar-refractivity contribution in [2.75, 3.05) is 13.1 Å². The van der Waals surface area contributed by atoms with Gasteiger partial charge in [0.15, 0.2) is 0 Å². The van der Waals surface area contributed by atoms with Gasteiger partial charge in [-0.25, -0.2) is 0 Å². The molecule has 0 aliphatic carbocycles. The molecule has 1 heterocycles. The highest BCUT2D eigenvalue weighted by molar-refractivity contribution is 5.14. The molecule has 3 atom stereocenters. The van der Waals surface area contributed by atoms with E-state index in [0.29, 0.717) is 5.92 Å². The maximum absolute atomic E-state index is 10.4. The topological polar surface area (TPSA) is 23.5 Å². The standard InChI is InChI=1S/C16H25NO/c1-4-16(3)12-17(10-13(2)15(16)18)11-14-8-6-5-7-9-14/h5-9,13,15,18H,4,10-12H2,1-3H3. The lowest BCUT2D eigenvalue weighted by Gasteiger charge is -2.47. The Morgan fingerprint density at radius 1 is 1.33 bits per heavy atom. The van der Waals surface area contributed by atoms with Crippen LogP contribution in [0.4, 0.5) is 0 Å². The molecule has 0 radical (unpaired) electrons. The molecule has 0 amide bonds. The Hall–Kier alpha value is -0.860. The number of hydrogen-bond acceptors (Lipinski definition) is 2. The van der Waals surface area contributed by atoms with Gasteiger partial charge in [-0.05, 0) is 17.9 Å². The maximum Gasteiger partial charge on any atom is 0.0643 e. The summed E-state index contributed by atoms with van der Waals surface area (Å²) in [5, 5.41) is 10.4. The molecular formula is C16H25NO. The first-order chi connectivity index (χ1) is 8.55. The first-order valence-corrected chi connectivity index (χ1v) is 6.99. The van der Waals surface area contributed by atoms with Crippen molar-refractivity contribution in [3.05, 3.63) is 35.9 Å². The van der Waals surface area contributed by atoms with Crippen LogP contribution in [-0.4, -0.2) is 29.2 Å². The van der Waals surface area contributed by atoms with E-state index in [1.807, 2.05) is 0 Å². The molecule has 0 bridgehead atoms. The van der Waals surface area contributed by atoms with Gasteiger partial charge in [-0.3, -0.25) is 4.90 Å². The summed E-state index contributed by atoms with van der Waals surface area (Å²) in [7, 11) is 0. The Balaban J connectivity index is 2.07. The van der Waals surface area contributed by atoms with Crippen LogP contribution in [0.1, 0.15) is 32.8 Å². The van der Waals surface area contributed by atoms with E-state index in [0.717, 1.165) is 26.1 Å². The van der Waals surface area contributed by atoms with Crippen LogP contribution in [0.5, 0.6) is 0 Å². The summed E-state index contributed by atoms with van der Waals surface area (Å²) in [5.74, 6) is 0.354. The van der Waals surface area contributed by atoms with E-state index in [-0.39, 0.29) is 11.5 Å². The van der Waals surface area contributed by atoms with E-state index in [2.05, 4.69) is 56.0 Å². The molecule has 1 aliphatic rings. The minimum atomic E-state index is -0.172. The Morgan fingerprint density at radius 2 is 2.00 bits per heavy atom. The Labute approximate surface area is 111 Å². The lowest BCUT2D eigenvalue weighted by atomic mass is 9.73. The highest BCUT2D eigenvalue weighted by Gasteiger charge is 2.41. The van der Waals surface area contributed by atoms with E-state index in [4.69, 9.17) is 0 Å². The SMILES string of the molecule is CCC1(C)CN(Cc2ccccc2)CC(C)C1O. The third-order valence-electron chi connectivity index (χ3n) is 4.44. The number of aliphatic hydroxyl groups excluding tert-OH is 1. The van der Waals surface area contributed by atoms with Gasteiger partial charge in [-0.1, -0.05) is 51.1 Å². The number of aliphatic hydroxyl groups is 1. The fraction of sp³-hybridized carbons (Fsp3) is 0.625. The summed E-state index contributed by atoms with van der Waals surface area (Å²) >= 11 is 0. The van der Waals surface area contributed by atoms with Crippen LogP contribution < -0.4 is 0 Å². The van der Waals surface area contributed by atoms with Crippen molar-refractivity contribution < 1.29 is 5.11 Å². The molecule has 0 saturated carbocycles.